The highest BCUT2D eigenvalue weighted by Crippen LogP contribution is 2.41. The van der Waals surface area contributed by atoms with Gasteiger partial charge in [-0.05, 0) is 48.2 Å². The van der Waals surface area contributed by atoms with Gasteiger partial charge in [-0.25, -0.2) is 0 Å². The van der Waals surface area contributed by atoms with Crippen molar-refractivity contribution in [3.05, 3.63) is 94.4 Å². The number of aliphatic hydroxyl groups is 1. The van der Waals surface area contributed by atoms with E-state index >= 15 is 0 Å². The van der Waals surface area contributed by atoms with E-state index in [1.165, 1.54) is 4.90 Å². The molecule has 0 saturated carbocycles. The highest BCUT2D eigenvalue weighted by molar-refractivity contribution is 6.20. The second kappa shape index (κ2) is 9.09. The zero-order valence-corrected chi connectivity index (χ0v) is 20.0. The summed E-state index contributed by atoms with van der Waals surface area (Å²) in [6.45, 7) is 5.95. The van der Waals surface area contributed by atoms with Gasteiger partial charge in [-0.3, -0.25) is 14.5 Å². The van der Waals surface area contributed by atoms with Gasteiger partial charge in [0.2, 0.25) is 0 Å². The van der Waals surface area contributed by atoms with Crippen LogP contribution in [0.25, 0.3) is 0 Å². The molecule has 0 radical (unpaired) electrons. The van der Waals surface area contributed by atoms with Crippen LogP contribution >= 0.6 is 0 Å². The highest BCUT2D eigenvalue weighted by atomic mass is 16.3. The Morgan fingerprint density at radius 2 is 1.62 bits per heavy atom. The predicted molar refractivity (Wildman–Crippen MR) is 132 cm³/mol. The molecule has 0 fully saturated rings. The fraction of sp³-hybridized carbons (Fsp3) is 0.259. The number of anilines is 2. The Labute approximate surface area is 199 Å². The number of carbonyl (C=O) groups excluding carboxylic acids is 2. The Morgan fingerprint density at radius 3 is 2.15 bits per heavy atom. The van der Waals surface area contributed by atoms with E-state index in [-0.39, 0.29) is 11.4 Å². The first kappa shape index (κ1) is 23.2. The number of Topliss-reactive ketones (excluding diaryl/α,β-unsaturated/α-hetero) is 1. The van der Waals surface area contributed by atoms with Gasteiger partial charge in [0, 0.05) is 25.3 Å². The number of hydrogen-bond acceptors (Lipinski definition) is 6. The molecule has 1 aliphatic heterocycles. The summed E-state index contributed by atoms with van der Waals surface area (Å²) >= 11 is 0. The average molecular weight is 457 g/mol. The Bertz CT molecular complexity index is 1240. The molecule has 0 aliphatic carbocycles. The lowest BCUT2D eigenvalue weighted by atomic mass is 9.91. The number of aryl methyl sites for hydroxylation is 1. The molecule has 34 heavy (non-hydrogen) atoms. The first-order chi connectivity index (χ1) is 16.2. The quantitative estimate of drug-likeness (QED) is 0.539. The van der Waals surface area contributed by atoms with Crippen molar-refractivity contribution in [2.24, 2.45) is 0 Å². The van der Waals surface area contributed by atoms with Gasteiger partial charge in [-0.2, -0.15) is 5.10 Å². The third-order valence-electron chi connectivity index (χ3n) is 6.05. The Hall–Kier alpha value is -4.00. The zero-order valence-electron chi connectivity index (χ0n) is 20.0. The second-order valence-corrected chi connectivity index (χ2v) is 8.96. The smallest absolute Gasteiger partial charge is 0.295 e. The van der Waals surface area contributed by atoms with Gasteiger partial charge in [-0.1, -0.05) is 50.2 Å². The van der Waals surface area contributed by atoms with Gasteiger partial charge in [0.15, 0.2) is 17.4 Å². The van der Waals surface area contributed by atoms with Crippen molar-refractivity contribution >= 4 is 23.2 Å². The minimum absolute atomic E-state index is 0.0299. The van der Waals surface area contributed by atoms with Crippen LogP contribution in [0.5, 0.6) is 0 Å². The van der Waals surface area contributed by atoms with Crippen LogP contribution in [0.3, 0.4) is 0 Å². The minimum atomic E-state index is -0.835. The van der Waals surface area contributed by atoms with Crippen molar-refractivity contribution in [2.45, 2.75) is 32.7 Å². The molecule has 2 heterocycles. The molecule has 174 valence electrons. The molecule has 0 bridgehead atoms. The topological polar surface area (TPSA) is 86.6 Å². The van der Waals surface area contributed by atoms with Crippen LogP contribution in [-0.4, -0.2) is 41.1 Å². The summed E-state index contributed by atoms with van der Waals surface area (Å²) in [7, 11) is 3.87. The maximum Gasteiger partial charge on any atom is 0.295 e. The van der Waals surface area contributed by atoms with Gasteiger partial charge in [0.05, 0.1) is 17.3 Å². The summed E-state index contributed by atoms with van der Waals surface area (Å²) in [6, 6.07) is 17.4. The lowest BCUT2D eigenvalue weighted by Gasteiger charge is -2.26. The number of aromatic nitrogens is 2. The SMILES string of the molecule is Cc1ccc(N2C(=O)C(O)=C(C(=O)c3ccc(C(C)C)cc3)C2c2ccc(N(C)C)cc2)nn1. The van der Waals surface area contributed by atoms with Crippen LogP contribution in [0.2, 0.25) is 0 Å². The predicted octanol–water partition coefficient (Wildman–Crippen LogP) is 4.76. The van der Waals surface area contributed by atoms with Crippen LogP contribution in [-0.2, 0) is 4.79 Å². The number of amides is 1. The monoisotopic (exact) mass is 456 g/mol. The Kier molecular flexibility index (Phi) is 6.20. The van der Waals surface area contributed by atoms with E-state index in [0.29, 0.717) is 22.7 Å². The lowest BCUT2D eigenvalue weighted by Crippen LogP contribution is -2.32. The molecule has 1 aliphatic rings. The van der Waals surface area contributed by atoms with Crippen LogP contribution < -0.4 is 9.80 Å². The number of nitrogens with zero attached hydrogens (tertiary/aromatic N) is 4. The highest BCUT2D eigenvalue weighted by Gasteiger charge is 2.45. The van der Waals surface area contributed by atoms with Crippen LogP contribution in [0, 0.1) is 6.92 Å². The maximum atomic E-state index is 13.6. The van der Waals surface area contributed by atoms with Gasteiger partial charge in [0.1, 0.15) is 0 Å². The number of rotatable bonds is 6. The van der Waals surface area contributed by atoms with Crippen molar-refractivity contribution in [1.82, 2.24) is 10.2 Å². The summed E-state index contributed by atoms with van der Waals surface area (Å²) < 4.78 is 0. The summed E-state index contributed by atoms with van der Waals surface area (Å²) in [4.78, 5) is 30.2. The molecule has 1 N–H and O–H groups in total. The maximum absolute atomic E-state index is 13.6. The number of aliphatic hydroxyl groups excluding tert-OH is 1. The second-order valence-electron chi connectivity index (χ2n) is 8.96. The first-order valence-corrected chi connectivity index (χ1v) is 11.2. The van der Waals surface area contributed by atoms with Gasteiger partial charge < -0.3 is 10.0 Å². The molecule has 3 aromatic rings. The van der Waals surface area contributed by atoms with Gasteiger partial charge in [-0.15, -0.1) is 5.10 Å². The summed E-state index contributed by atoms with van der Waals surface area (Å²) in [5.41, 5.74) is 3.89. The zero-order chi connectivity index (χ0) is 24.6. The van der Waals surface area contributed by atoms with E-state index in [1.807, 2.05) is 55.4 Å². The molecule has 1 aromatic heterocycles. The molecule has 4 rings (SSSR count). The average Bonchev–Trinajstić information content (AvgIpc) is 3.09. The molecular formula is C27H28N4O3. The van der Waals surface area contributed by atoms with Gasteiger partial charge >= 0.3 is 0 Å². The molecule has 2 aromatic carbocycles. The largest absolute Gasteiger partial charge is 0.503 e. The van der Waals surface area contributed by atoms with E-state index in [1.54, 1.807) is 31.2 Å². The molecule has 1 atom stereocenters. The van der Waals surface area contributed by atoms with E-state index < -0.39 is 23.5 Å². The number of ketones is 1. The van der Waals surface area contributed by atoms with E-state index in [2.05, 4.69) is 24.0 Å². The number of hydrogen-bond donors (Lipinski definition) is 1. The van der Waals surface area contributed by atoms with E-state index in [9.17, 15) is 14.7 Å². The number of benzene rings is 2. The van der Waals surface area contributed by atoms with E-state index in [4.69, 9.17) is 0 Å². The summed E-state index contributed by atoms with van der Waals surface area (Å²) in [5, 5.41) is 19.1. The number of carbonyl (C=O) groups is 2. The molecular weight excluding hydrogens is 428 g/mol. The van der Waals surface area contributed by atoms with Crippen molar-refractivity contribution in [3.8, 4) is 0 Å². The summed E-state index contributed by atoms with van der Waals surface area (Å²) in [6.07, 6.45) is 0. The van der Waals surface area contributed by atoms with Crippen molar-refractivity contribution in [3.63, 3.8) is 0 Å². The lowest BCUT2D eigenvalue weighted by molar-refractivity contribution is -0.117. The van der Waals surface area contributed by atoms with Crippen LogP contribution in [0.15, 0.2) is 72.0 Å². The van der Waals surface area contributed by atoms with Crippen molar-refractivity contribution in [1.29, 1.82) is 0 Å². The minimum Gasteiger partial charge on any atom is -0.503 e. The third kappa shape index (κ3) is 4.17. The van der Waals surface area contributed by atoms with E-state index in [0.717, 1.165) is 11.3 Å². The normalized spacial score (nSPS) is 15.9. The molecule has 1 unspecified atom stereocenters. The fourth-order valence-corrected chi connectivity index (χ4v) is 4.04. The molecule has 7 nitrogen and oxygen atoms in total. The van der Waals surface area contributed by atoms with Gasteiger partial charge in [0.25, 0.3) is 5.91 Å². The van der Waals surface area contributed by atoms with Crippen LogP contribution in [0.1, 0.15) is 53.0 Å². The fourth-order valence-electron chi connectivity index (χ4n) is 4.04. The van der Waals surface area contributed by atoms with Crippen molar-refractivity contribution < 1.29 is 14.7 Å². The third-order valence-corrected chi connectivity index (χ3v) is 6.05. The van der Waals surface area contributed by atoms with Crippen molar-refractivity contribution in [2.75, 3.05) is 23.9 Å². The molecule has 0 spiro atoms. The molecule has 0 saturated heterocycles. The molecule has 7 heteroatoms. The standard InChI is InChI=1S/C27H28N4O3/c1-16(2)18-7-9-20(10-8-18)25(32)23-24(19-11-13-21(14-12-19)30(4)5)31(27(34)26(23)33)22-15-6-17(3)28-29-22/h6-16,24,33H,1-5H3. The summed E-state index contributed by atoms with van der Waals surface area (Å²) in [5.74, 6) is -1.06. The Morgan fingerprint density at radius 1 is 0.971 bits per heavy atom. The Balaban J connectivity index is 1.82. The first-order valence-electron chi connectivity index (χ1n) is 11.2. The molecule has 1 amide bonds. The van der Waals surface area contributed by atoms with Crippen LogP contribution in [0.4, 0.5) is 11.5 Å².